The molecule has 4 aliphatic rings. The number of nitrogens with one attached hydrogen (secondary N) is 1. The van der Waals surface area contributed by atoms with Gasteiger partial charge in [0.15, 0.2) is 0 Å². The first-order valence-electron chi connectivity index (χ1n) is 11.9. The molecule has 32 heavy (non-hydrogen) atoms. The molecule has 0 spiro atoms. The Hall–Kier alpha value is -2.85. The summed E-state index contributed by atoms with van der Waals surface area (Å²) >= 11 is 0. The van der Waals surface area contributed by atoms with Gasteiger partial charge in [0.25, 0.3) is 0 Å². The number of allylic oxidation sites excluding steroid dienone is 1. The Morgan fingerprint density at radius 1 is 0.906 bits per heavy atom. The molecular weight excluding hydrogens is 396 g/mol. The van der Waals surface area contributed by atoms with Crippen molar-refractivity contribution in [3.63, 3.8) is 0 Å². The Kier molecular flexibility index (Phi) is 5.88. The van der Waals surface area contributed by atoms with Crippen LogP contribution in [0.5, 0.6) is 5.75 Å². The maximum atomic E-state index is 11.8. The van der Waals surface area contributed by atoms with Crippen LogP contribution >= 0.6 is 0 Å². The number of phenolic OH excluding ortho intramolecular Hbond substituents is 1. The predicted octanol–water partition coefficient (Wildman–Crippen LogP) is 4.74. The zero-order valence-corrected chi connectivity index (χ0v) is 18.5. The van der Waals surface area contributed by atoms with Crippen molar-refractivity contribution in [1.82, 2.24) is 5.32 Å². The highest BCUT2D eigenvalue weighted by atomic mass is 16.3. The Morgan fingerprint density at radius 2 is 1.47 bits per heavy atom. The average Bonchev–Trinajstić information content (AvgIpc) is 2.79. The van der Waals surface area contributed by atoms with Gasteiger partial charge in [-0.15, -0.1) is 0 Å². The standard InChI is InChI=1S/C28H32N2O2/c29-11-12-30-26(32)10-3-18-1-4-21(5-2-18)27(22-6-8-25(31)9-7-22)28-23-14-19-13-20(16-23)17-24(28)15-19/h1-10,19-20,23-24,31H,11-17,29H2,(H,30,32)/b10-3+,28-27?. The van der Waals surface area contributed by atoms with Gasteiger partial charge in [-0.3, -0.25) is 4.79 Å². The van der Waals surface area contributed by atoms with Gasteiger partial charge in [-0.2, -0.15) is 0 Å². The second-order valence-corrected chi connectivity index (χ2v) is 9.72. The van der Waals surface area contributed by atoms with E-state index >= 15 is 0 Å². The van der Waals surface area contributed by atoms with Crippen molar-refractivity contribution < 1.29 is 9.90 Å². The highest BCUT2D eigenvalue weighted by Crippen LogP contribution is 2.58. The monoisotopic (exact) mass is 428 g/mol. The lowest BCUT2D eigenvalue weighted by molar-refractivity contribution is -0.116. The average molecular weight is 429 g/mol. The van der Waals surface area contributed by atoms with E-state index in [0.29, 0.717) is 30.7 Å². The molecule has 0 saturated heterocycles. The number of carbonyl (C=O) groups is 1. The van der Waals surface area contributed by atoms with Crippen molar-refractivity contribution in [2.75, 3.05) is 13.1 Å². The van der Waals surface area contributed by atoms with Crippen LogP contribution in [0.1, 0.15) is 48.8 Å². The van der Waals surface area contributed by atoms with Gasteiger partial charge in [-0.05, 0) is 96.2 Å². The maximum absolute atomic E-state index is 11.8. The van der Waals surface area contributed by atoms with Crippen molar-refractivity contribution in [1.29, 1.82) is 0 Å². The molecule has 0 atom stereocenters. The van der Waals surface area contributed by atoms with Gasteiger partial charge in [0.2, 0.25) is 5.91 Å². The summed E-state index contributed by atoms with van der Waals surface area (Å²) in [6.07, 6.45) is 10.2. The van der Waals surface area contributed by atoms with Crippen LogP contribution in [0.4, 0.5) is 0 Å². The largest absolute Gasteiger partial charge is 0.508 e. The van der Waals surface area contributed by atoms with E-state index in [1.54, 1.807) is 23.8 Å². The molecule has 0 radical (unpaired) electrons. The van der Waals surface area contributed by atoms with Crippen LogP contribution in [-0.4, -0.2) is 24.1 Å². The molecule has 4 fully saturated rings. The molecule has 4 N–H and O–H groups in total. The first-order valence-corrected chi connectivity index (χ1v) is 11.9. The fraction of sp³-hybridized carbons (Fsp3) is 0.393. The number of aromatic hydroxyl groups is 1. The number of phenols is 1. The van der Waals surface area contributed by atoms with Gasteiger partial charge >= 0.3 is 0 Å². The zero-order valence-electron chi connectivity index (χ0n) is 18.5. The molecule has 0 unspecified atom stereocenters. The fourth-order valence-electron chi connectivity index (χ4n) is 6.42. The summed E-state index contributed by atoms with van der Waals surface area (Å²) in [5.74, 6) is 3.40. The number of nitrogens with two attached hydrogens (primary N) is 1. The van der Waals surface area contributed by atoms with Crippen LogP contribution in [-0.2, 0) is 4.79 Å². The molecule has 4 saturated carbocycles. The Balaban J connectivity index is 1.49. The number of hydrogen-bond acceptors (Lipinski definition) is 3. The van der Waals surface area contributed by atoms with Crippen molar-refractivity contribution >= 4 is 17.6 Å². The maximum Gasteiger partial charge on any atom is 0.244 e. The summed E-state index contributed by atoms with van der Waals surface area (Å²) in [5, 5.41) is 12.6. The molecule has 6 rings (SSSR count). The van der Waals surface area contributed by atoms with Crippen LogP contribution in [0.3, 0.4) is 0 Å². The molecule has 2 aromatic carbocycles. The third-order valence-electron chi connectivity index (χ3n) is 7.53. The number of hydrogen-bond donors (Lipinski definition) is 3. The lowest BCUT2D eigenvalue weighted by Gasteiger charge is -2.52. The van der Waals surface area contributed by atoms with Crippen LogP contribution in [0, 0.1) is 23.7 Å². The Bertz CT molecular complexity index is 1000. The minimum Gasteiger partial charge on any atom is -0.508 e. The van der Waals surface area contributed by atoms with Crippen LogP contribution < -0.4 is 11.1 Å². The third kappa shape index (κ3) is 4.24. The van der Waals surface area contributed by atoms with Crippen molar-refractivity contribution in [2.24, 2.45) is 29.4 Å². The molecule has 1 amide bonds. The van der Waals surface area contributed by atoms with E-state index in [9.17, 15) is 9.90 Å². The first-order chi connectivity index (χ1) is 15.6. The third-order valence-corrected chi connectivity index (χ3v) is 7.53. The number of rotatable bonds is 6. The minimum absolute atomic E-state index is 0.125. The lowest BCUT2D eigenvalue weighted by atomic mass is 9.53. The summed E-state index contributed by atoms with van der Waals surface area (Å²) in [4.78, 5) is 11.8. The summed E-state index contributed by atoms with van der Waals surface area (Å²) in [5.41, 5.74) is 11.8. The van der Waals surface area contributed by atoms with E-state index in [1.807, 2.05) is 6.08 Å². The van der Waals surface area contributed by atoms with E-state index in [-0.39, 0.29) is 5.91 Å². The van der Waals surface area contributed by atoms with Gasteiger partial charge in [0, 0.05) is 19.2 Å². The van der Waals surface area contributed by atoms with Gasteiger partial charge in [0.1, 0.15) is 5.75 Å². The van der Waals surface area contributed by atoms with Gasteiger partial charge in [-0.1, -0.05) is 42.0 Å². The van der Waals surface area contributed by atoms with E-state index in [4.69, 9.17) is 5.73 Å². The second-order valence-electron chi connectivity index (χ2n) is 9.72. The van der Waals surface area contributed by atoms with Crippen molar-refractivity contribution in [3.8, 4) is 5.75 Å². The minimum atomic E-state index is -0.125. The Labute approximate surface area is 190 Å². The fourth-order valence-corrected chi connectivity index (χ4v) is 6.42. The molecule has 2 aromatic rings. The number of carbonyl (C=O) groups excluding carboxylic acids is 1. The van der Waals surface area contributed by atoms with Crippen LogP contribution in [0.2, 0.25) is 0 Å². The summed E-state index contributed by atoms with van der Waals surface area (Å²) < 4.78 is 0. The van der Waals surface area contributed by atoms with Gasteiger partial charge in [0.05, 0.1) is 0 Å². The molecule has 0 heterocycles. The van der Waals surface area contributed by atoms with E-state index < -0.39 is 0 Å². The Morgan fingerprint density at radius 3 is 2.03 bits per heavy atom. The van der Waals surface area contributed by atoms with Gasteiger partial charge in [-0.25, -0.2) is 0 Å². The van der Waals surface area contributed by atoms with E-state index in [1.165, 1.54) is 48.8 Å². The SMILES string of the molecule is NCCNC(=O)/C=C/c1ccc(C(=C2C3CC4CC(C3)CC2C4)c2ccc(O)cc2)cc1. The molecule has 0 aliphatic heterocycles. The lowest BCUT2D eigenvalue weighted by Crippen LogP contribution is -2.40. The quantitative estimate of drug-likeness (QED) is 0.582. The van der Waals surface area contributed by atoms with E-state index in [2.05, 4.69) is 41.7 Å². The van der Waals surface area contributed by atoms with Crippen LogP contribution in [0.15, 0.2) is 60.2 Å². The second kappa shape index (κ2) is 8.95. The van der Waals surface area contributed by atoms with Crippen molar-refractivity contribution in [3.05, 3.63) is 76.9 Å². The highest BCUT2D eigenvalue weighted by molar-refractivity contribution is 5.92. The molecule has 4 aliphatic carbocycles. The van der Waals surface area contributed by atoms with Gasteiger partial charge < -0.3 is 16.2 Å². The van der Waals surface area contributed by atoms with Crippen LogP contribution in [0.25, 0.3) is 11.6 Å². The molecule has 4 bridgehead atoms. The van der Waals surface area contributed by atoms with Crippen molar-refractivity contribution in [2.45, 2.75) is 32.1 Å². The summed E-state index contributed by atoms with van der Waals surface area (Å²) in [6.45, 7) is 0.919. The molecular formula is C28H32N2O2. The zero-order chi connectivity index (χ0) is 22.1. The topological polar surface area (TPSA) is 75.3 Å². The highest BCUT2D eigenvalue weighted by Gasteiger charge is 2.46. The predicted molar refractivity (Wildman–Crippen MR) is 129 cm³/mol. The smallest absolute Gasteiger partial charge is 0.244 e. The van der Waals surface area contributed by atoms with E-state index in [0.717, 1.165) is 17.4 Å². The number of benzene rings is 2. The molecule has 4 nitrogen and oxygen atoms in total. The molecule has 166 valence electrons. The number of amides is 1. The normalized spacial score (nSPS) is 26.0. The summed E-state index contributed by atoms with van der Waals surface area (Å²) in [7, 11) is 0. The molecule has 4 heteroatoms. The summed E-state index contributed by atoms with van der Waals surface area (Å²) in [6, 6.07) is 16.2. The molecule has 0 aromatic heterocycles. The first kappa shape index (κ1) is 21.0.